The first-order valence-corrected chi connectivity index (χ1v) is 9.20. The molecule has 6 nitrogen and oxygen atoms in total. The number of hydrogen-bond donors (Lipinski definition) is 2. The minimum absolute atomic E-state index is 0.0214. The number of hydrogen-bond acceptors (Lipinski definition) is 4. The molecule has 3 rings (SSSR count). The smallest absolute Gasteiger partial charge is 0.335 e. The number of aryl methyl sites for hydroxylation is 1. The zero-order valence-corrected chi connectivity index (χ0v) is 16.1. The second-order valence-corrected chi connectivity index (χ2v) is 6.60. The maximum atomic E-state index is 12.5. The first kappa shape index (κ1) is 19.4. The number of para-hydroxylation sites is 1. The number of rotatable bonds is 5. The molecule has 3 aromatic rings. The topological polar surface area (TPSA) is 87.4 Å². The Morgan fingerprint density at radius 1 is 1.11 bits per heavy atom. The van der Waals surface area contributed by atoms with Gasteiger partial charge in [0.2, 0.25) is 5.88 Å². The van der Waals surface area contributed by atoms with Crippen LogP contribution in [0.1, 0.15) is 43.0 Å². The van der Waals surface area contributed by atoms with Gasteiger partial charge in [0, 0.05) is 0 Å². The number of nitrogens with zero attached hydrogens (tertiary/aromatic N) is 2. The Morgan fingerprint density at radius 3 is 2.39 bits per heavy atom. The average molecular weight is 377 g/mol. The molecule has 0 saturated carbocycles. The van der Waals surface area contributed by atoms with E-state index in [1.165, 1.54) is 0 Å². The average Bonchev–Trinajstić information content (AvgIpc) is 2.68. The zero-order valence-electron chi connectivity index (χ0n) is 16.1. The molecule has 6 heteroatoms. The van der Waals surface area contributed by atoms with Gasteiger partial charge in [-0.15, -0.1) is 0 Å². The molecule has 0 aliphatic rings. The SMILES string of the molecule is CCC(=N[C@H](C)c1ccccc1)c1c(O)n(-c2ccccc2C)c(=O)[nH]c1=O. The molecule has 0 radical (unpaired) electrons. The molecule has 1 atom stereocenters. The van der Waals surface area contributed by atoms with E-state index in [9.17, 15) is 14.7 Å². The summed E-state index contributed by atoms with van der Waals surface area (Å²) in [6.07, 6.45) is 0.430. The van der Waals surface area contributed by atoms with E-state index in [0.29, 0.717) is 17.8 Å². The van der Waals surface area contributed by atoms with E-state index >= 15 is 0 Å². The van der Waals surface area contributed by atoms with Crippen molar-refractivity contribution < 1.29 is 5.11 Å². The van der Waals surface area contributed by atoms with Crippen LogP contribution in [0.3, 0.4) is 0 Å². The summed E-state index contributed by atoms with van der Waals surface area (Å²) in [6, 6.07) is 16.7. The summed E-state index contributed by atoms with van der Waals surface area (Å²) in [5.74, 6) is -0.399. The fourth-order valence-electron chi connectivity index (χ4n) is 3.20. The van der Waals surface area contributed by atoms with Crippen LogP contribution in [-0.2, 0) is 0 Å². The van der Waals surface area contributed by atoms with E-state index in [2.05, 4.69) is 9.98 Å². The number of H-pyrrole nitrogens is 1. The molecule has 0 saturated heterocycles. The monoisotopic (exact) mass is 377 g/mol. The maximum Gasteiger partial charge on any atom is 0.335 e. The van der Waals surface area contributed by atoms with Gasteiger partial charge in [-0.1, -0.05) is 55.5 Å². The number of benzene rings is 2. The molecule has 0 fully saturated rings. The van der Waals surface area contributed by atoms with Gasteiger partial charge in [-0.3, -0.25) is 14.8 Å². The molecular weight excluding hydrogens is 354 g/mol. The van der Waals surface area contributed by atoms with Gasteiger partial charge in [0.1, 0.15) is 5.56 Å². The summed E-state index contributed by atoms with van der Waals surface area (Å²) in [5.41, 5.74) is 1.43. The summed E-state index contributed by atoms with van der Waals surface area (Å²) >= 11 is 0. The van der Waals surface area contributed by atoms with E-state index in [0.717, 1.165) is 15.7 Å². The van der Waals surface area contributed by atoms with Crippen molar-refractivity contribution in [1.82, 2.24) is 9.55 Å². The Kier molecular flexibility index (Phi) is 5.59. The lowest BCUT2D eigenvalue weighted by molar-refractivity contribution is 0.429. The highest BCUT2D eigenvalue weighted by molar-refractivity contribution is 6.02. The van der Waals surface area contributed by atoms with Crippen LogP contribution in [-0.4, -0.2) is 20.4 Å². The fraction of sp³-hybridized carbons (Fsp3) is 0.227. The summed E-state index contributed by atoms with van der Waals surface area (Å²) in [5, 5.41) is 10.9. The lowest BCUT2D eigenvalue weighted by Crippen LogP contribution is -2.33. The number of aromatic hydroxyl groups is 1. The lowest BCUT2D eigenvalue weighted by atomic mass is 10.1. The molecule has 2 aromatic carbocycles. The maximum absolute atomic E-state index is 12.5. The molecule has 28 heavy (non-hydrogen) atoms. The largest absolute Gasteiger partial charge is 0.493 e. The molecule has 2 N–H and O–H groups in total. The number of aliphatic imine (C=N–C) groups is 1. The van der Waals surface area contributed by atoms with Crippen LogP contribution in [0.25, 0.3) is 5.69 Å². The van der Waals surface area contributed by atoms with Gasteiger partial charge in [0.15, 0.2) is 0 Å². The van der Waals surface area contributed by atoms with Crippen molar-refractivity contribution in [1.29, 1.82) is 0 Å². The van der Waals surface area contributed by atoms with Gasteiger partial charge in [-0.25, -0.2) is 9.36 Å². The Labute approximate surface area is 162 Å². The van der Waals surface area contributed by atoms with Crippen molar-refractivity contribution in [3.8, 4) is 11.6 Å². The Morgan fingerprint density at radius 2 is 1.75 bits per heavy atom. The summed E-state index contributed by atoms with van der Waals surface area (Å²) in [6.45, 7) is 5.62. The second-order valence-electron chi connectivity index (χ2n) is 6.60. The van der Waals surface area contributed by atoms with E-state index < -0.39 is 17.1 Å². The van der Waals surface area contributed by atoms with Crippen molar-refractivity contribution >= 4 is 5.71 Å². The van der Waals surface area contributed by atoms with Gasteiger partial charge >= 0.3 is 5.69 Å². The van der Waals surface area contributed by atoms with Gasteiger partial charge < -0.3 is 5.11 Å². The summed E-state index contributed by atoms with van der Waals surface area (Å²) in [7, 11) is 0. The van der Waals surface area contributed by atoms with Crippen molar-refractivity contribution in [2.45, 2.75) is 33.2 Å². The first-order chi connectivity index (χ1) is 13.4. The predicted molar refractivity (Wildman–Crippen MR) is 111 cm³/mol. The number of aromatic amines is 1. The number of aromatic nitrogens is 2. The molecule has 0 aliphatic heterocycles. The lowest BCUT2D eigenvalue weighted by Gasteiger charge is -2.15. The minimum Gasteiger partial charge on any atom is -0.493 e. The van der Waals surface area contributed by atoms with Crippen LogP contribution >= 0.6 is 0 Å². The quantitative estimate of drug-likeness (QED) is 0.667. The summed E-state index contributed by atoms with van der Waals surface area (Å²) in [4.78, 5) is 31.9. The van der Waals surface area contributed by atoms with Crippen LogP contribution in [0.15, 0.2) is 69.2 Å². The molecule has 144 valence electrons. The normalized spacial score (nSPS) is 12.8. The predicted octanol–water partition coefficient (Wildman–Crippen LogP) is 3.50. The third-order valence-electron chi connectivity index (χ3n) is 4.70. The van der Waals surface area contributed by atoms with Crippen LogP contribution < -0.4 is 11.2 Å². The Bertz CT molecular complexity index is 1130. The third-order valence-corrected chi connectivity index (χ3v) is 4.70. The second kappa shape index (κ2) is 8.08. The minimum atomic E-state index is -0.688. The van der Waals surface area contributed by atoms with Gasteiger partial charge in [0.25, 0.3) is 5.56 Å². The van der Waals surface area contributed by atoms with E-state index in [1.807, 2.05) is 63.2 Å². The Balaban J connectivity index is 2.19. The molecular formula is C22H23N3O3. The molecule has 1 aromatic heterocycles. The van der Waals surface area contributed by atoms with Gasteiger partial charge in [0.05, 0.1) is 17.4 Å². The van der Waals surface area contributed by atoms with Crippen molar-refractivity contribution in [2.24, 2.45) is 4.99 Å². The highest BCUT2D eigenvalue weighted by Crippen LogP contribution is 2.23. The van der Waals surface area contributed by atoms with Crippen LogP contribution in [0.2, 0.25) is 0 Å². The highest BCUT2D eigenvalue weighted by Gasteiger charge is 2.20. The molecule has 0 amide bonds. The van der Waals surface area contributed by atoms with Gasteiger partial charge in [-0.05, 0) is 37.5 Å². The number of nitrogens with one attached hydrogen (secondary N) is 1. The molecule has 0 unspecified atom stereocenters. The molecule has 1 heterocycles. The molecule has 0 spiro atoms. The third kappa shape index (κ3) is 3.67. The molecule has 0 aliphatic carbocycles. The Hall–Kier alpha value is -3.41. The zero-order chi connectivity index (χ0) is 20.3. The van der Waals surface area contributed by atoms with Crippen molar-refractivity contribution in [3.05, 3.63) is 92.1 Å². The van der Waals surface area contributed by atoms with E-state index in [4.69, 9.17) is 0 Å². The summed E-state index contributed by atoms with van der Waals surface area (Å²) < 4.78 is 1.12. The van der Waals surface area contributed by atoms with Crippen molar-refractivity contribution in [3.63, 3.8) is 0 Å². The standard InChI is InChI=1S/C22H23N3O3/c1-4-17(23-15(3)16-11-6-5-7-12-16)19-20(26)24-22(28)25(21(19)27)18-13-9-8-10-14(18)2/h5-13,15,27H,4H2,1-3H3,(H,24,26,28)/t15-/m1/s1. The molecule has 0 bridgehead atoms. The van der Waals surface area contributed by atoms with Crippen LogP contribution in [0.4, 0.5) is 0 Å². The highest BCUT2D eigenvalue weighted by atomic mass is 16.3. The van der Waals surface area contributed by atoms with Crippen LogP contribution in [0.5, 0.6) is 5.88 Å². The fourth-order valence-corrected chi connectivity index (χ4v) is 3.20. The van der Waals surface area contributed by atoms with Crippen molar-refractivity contribution in [2.75, 3.05) is 0 Å². The first-order valence-electron chi connectivity index (χ1n) is 9.20. The van der Waals surface area contributed by atoms with Crippen LogP contribution in [0, 0.1) is 6.92 Å². The van der Waals surface area contributed by atoms with E-state index in [1.54, 1.807) is 12.1 Å². The van der Waals surface area contributed by atoms with Gasteiger partial charge in [-0.2, -0.15) is 0 Å². The van der Waals surface area contributed by atoms with E-state index in [-0.39, 0.29) is 11.6 Å².